The summed E-state index contributed by atoms with van der Waals surface area (Å²) < 4.78 is 1.90. The molecule has 1 aromatic heterocycles. The highest BCUT2D eigenvalue weighted by atomic mass is 79.9. The molecule has 176 valence electrons. The van der Waals surface area contributed by atoms with E-state index in [0.29, 0.717) is 18.3 Å². The van der Waals surface area contributed by atoms with Gasteiger partial charge < -0.3 is 5.73 Å². The lowest BCUT2D eigenvalue weighted by molar-refractivity contribution is -0.106. The second kappa shape index (κ2) is 17.2. The summed E-state index contributed by atoms with van der Waals surface area (Å²) in [7, 11) is 0. The number of hydrazone groups is 1. The van der Waals surface area contributed by atoms with Gasteiger partial charge in [-0.05, 0) is 24.3 Å². The minimum Gasteiger partial charge on any atom is -0.384 e. The van der Waals surface area contributed by atoms with Crippen LogP contribution in [0, 0.1) is 10.8 Å². The van der Waals surface area contributed by atoms with Gasteiger partial charge in [0.1, 0.15) is 5.82 Å². The van der Waals surface area contributed by atoms with E-state index in [0.717, 1.165) is 30.4 Å². The normalized spacial score (nSPS) is 12.9. The molecule has 0 radical (unpaired) electrons. The van der Waals surface area contributed by atoms with Gasteiger partial charge in [-0.15, -0.1) is 4.91 Å². The van der Waals surface area contributed by atoms with Gasteiger partial charge in [0, 0.05) is 39.9 Å². The Labute approximate surface area is 202 Å². The molecule has 0 spiro atoms. The number of hydrogen-bond donors (Lipinski definition) is 2. The van der Waals surface area contributed by atoms with Gasteiger partial charge in [-0.3, -0.25) is 19.9 Å². The molecular formula is C23H30BrN7O2. The van der Waals surface area contributed by atoms with Crippen LogP contribution in [0.4, 0.5) is 0 Å². The van der Waals surface area contributed by atoms with Gasteiger partial charge in [0.25, 0.3) is 6.41 Å². The molecule has 1 aromatic carbocycles. The second-order valence-electron chi connectivity index (χ2n) is 6.90. The van der Waals surface area contributed by atoms with Gasteiger partial charge in [0.2, 0.25) is 0 Å². The van der Waals surface area contributed by atoms with Crippen molar-refractivity contribution in [1.82, 2.24) is 15.2 Å². The zero-order chi connectivity index (χ0) is 24.3. The fourth-order valence-electron chi connectivity index (χ4n) is 2.75. The standard InChI is InChI=1S/C22H29BrN6.CHNO2/c1-3-8-18(4-2)12-25-13-20(14-26-28-22(24)11-23)21-15-27-29(17-21)16-19-9-6-5-7-10-19;3-1-2-4/h5-7,9-15,17-18,28H,3-4,8,16,24H2,1-2H3;1H/b20-13-,22-11+,25-12?,26-14-;. The number of rotatable bonds is 12. The van der Waals surface area contributed by atoms with E-state index >= 15 is 0 Å². The van der Waals surface area contributed by atoms with Gasteiger partial charge in [0.05, 0.1) is 19.0 Å². The van der Waals surface area contributed by atoms with Crippen LogP contribution in [0.3, 0.4) is 0 Å². The fourth-order valence-corrected chi connectivity index (χ4v) is 2.86. The highest BCUT2D eigenvalue weighted by Gasteiger charge is 2.05. The Bertz CT molecular complexity index is 947. The summed E-state index contributed by atoms with van der Waals surface area (Å²) in [5, 5.41) is 10.5. The maximum atomic E-state index is 8.69. The van der Waals surface area contributed by atoms with E-state index in [9.17, 15) is 0 Å². The predicted molar refractivity (Wildman–Crippen MR) is 138 cm³/mol. The van der Waals surface area contributed by atoms with Crippen LogP contribution in [0.25, 0.3) is 5.57 Å². The van der Waals surface area contributed by atoms with E-state index < -0.39 is 0 Å². The van der Waals surface area contributed by atoms with Crippen molar-refractivity contribution in [3.63, 3.8) is 0 Å². The zero-order valence-electron chi connectivity index (χ0n) is 18.8. The lowest BCUT2D eigenvalue weighted by Crippen LogP contribution is -2.13. The number of nitrogens with one attached hydrogen (secondary N) is 1. The van der Waals surface area contributed by atoms with Crippen LogP contribution in [-0.4, -0.2) is 28.6 Å². The monoisotopic (exact) mass is 515 g/mol. The van der Waals surface area contributed by atoms with Gasteiger partial charge in [-0.1, -0.05) is 66.5 Å². The van der Waals surface area contributed by atoms with Crippen LogP contribution in [0.15, 0.2) is 75.0 Å². The van der Waals surface area contributed by atoms with E-state index in [-0.39, 0.29) is 6.41 Å². The minimum atomic E-state index is -0.0556. The Hall–Kier alpha value is -3.40. The topological polar surface area (TPSA) is 127 Å². The third-order valence-corrected chi connectivity index (χ3v) is 4.90. The molecule has 1 atom stereocenters. The Balaban J connectivity index is 0.00000125. The van der Waals surface area contributed by atoms with Crippen LogP contribution in [-0.2, 0) is 11.3 Å². The number of nitrogens with two attached hydrogens (primary N) is 1. The molecule has 0 saturated carbocycles. The molecule has 10 heteroatoms. The average Bonchev–Trinajstić information content (AvgIpc) is 3.31. The number of amides is 1. The molecule has 2 aromatic rings. The Morgan fingerprint density at radius 1 is 1.30 bits per heavy atom. The van der Waals surface area contributed by atoms with E-state index in [4.69, 9.17) is 15.4 Å². The first-order valence-corrected chi connectivity index (χ1v) is 11.4. The summed E-state index contributed by atoms with van der Waals surface area (Å²) in [5.74, 6) is 0.901. The van der Waals surface area contributed by atoms with Crippen molar-refractivity contribution in [2.75, 3.05) is 0 Å². The highest BCUT2D eigenvalue weighted by molar-refractivity contribution is 9.11. The van der Waals surface area contributed by atoms with Gasteiger partial charge in [0.15, 0.2) is 0 Å². The predicted octanol–water partition coefficient (Wildman–Crippen LogP) is 4.81. The first kappa shape index (κ1) is 27.6. The molecule has 0 aliphatic carbocycles. The first-order chi connectivity index (χ1) is 16.1. The number of aromatic nitrogens is 2. The van der Waals surface area contributed by atoms with Crippen molar-refractivity contribution >= 4 is 40.3 Å². The summed E-state index contributed by atoms with van der Waals surface area (Å²) in [4.78, 5) is 23.4. The first-order valence-electron chi connectivity index (χ1n) is 10.5. The molecule has 2 rings (SSSR count). The number of nitroso groups, excluding NO2 is 1. The fraction of sp³-hybridized carbons (Fsp3) is 0.304. The number of halogens is 1. The quantitative estimate of drug-likeness (QED) is 0.181. The highest BCUT2D eigenvalue weighted by Crippen LogP contribution is 2.14. The Kier molecular flexibility index (Phi) is 14.4. The summed E-state index contributed by atoms with van der Waals surface area (Å²) >= 11 is 3.17. The van der Waals surface area contributed by atoms with Crippen molar-refractivity contribution in [3.8, 4) is 0 Å². The molecule has 0 aliphatic heterocycles. The molecule has 3 N–H and O–H groups in total. The van der Waals surface area contributed by atoms with Crippen molar-refractivity contribution in [2.45, 2.75) is 39.7 Å². The maximum Gasteiger partial charge on any atom is 0.274 e. The summed E-state index contributed by atoms with van der Waals surface area (Å²) in [6.45, 7) is 5.09. The largest absolute Gasteiger partial charge is 0.384 e. The zero-order valence-corrected chi connectivity index (χ0v) is 20.4. The number of carbonyl (C=O) groups excluding carboxylic acids is 1. The van der Waals surface area contributed by atoms with E-state index in [1.54, 1.807) is 16.4 Å². The number of carbonyl (C=O) groups is 1. The van der Waals surface area contributed by atoms with Crippen molar-refractivity contribution in [1.29, 1.82) is 0 Å². The average molecular weight is 516 g/mol. The number of aliphatic imine (C=N–C) groups is 1. The number of allylic oxidation sites excluding steroid dienone is 1. The second-order valence-corrected chi connectivity index (χ2v) is 7.35. The van der Waals surface area contributed by atoms with E-state index in [2.05, 4.69) is 62.5 Å². The van der Waals surface area contributed by atoms with Gasteiger partial charge in [-0.2, -0.15) is 10.2 Å². The number of hydrogen-bond acceptors (Lipinski definition) is 7. The van der Waals surface area contributed by atoms with Crippen LogP contribution in [0.2, 0.25) is 0 Å². The molecule has 1 unspecified atom stereocenters. The van der Waals surface area contributed by atoms with Crippen LogP contribution >= 0.6 is 15.9 Å². The lowest BCUT2D eigenvalue weighted by atomic mass is 10.0. The third-order valence-electron chi connectivity index (χ3n) is 4.41. The molecule has 33 heavy (non-hydrogen) atoms. The molecule has 1 amide bonds. The molecule has 0 bridgehead atoms. The van der Waals surface area contributed by atoms with E-state index in [1.165, 1.54) is 5.56 Å². The third kappa shape index (κ3) is 11.7. The van der Waals surface area contributed by atoms with Crippen molar-refractivity contribution < 1.29 is 4.79 Å². The van der Waals surface area contributed by atoms with Gasteiger partial charge in [-0.25, -0.2) is 0 Å². The summed E-state index contributed by atoms with van der Waals surface area (Å²) in [6, 6.07) is 10.2. The summed E-state index contributed by atoms with van der Waals surface area (Å²) in [6.07, 6.45) is 12.7. The number of nitrogens with zero attached hydrogens (tertiary/aromatic N) is 5. The Morgan fingerprint density at radius 3 is 2.64 bits per heavy atom. The number of benzene rings is 1. The summed E-state index contributed by atoms with van der Waals surface area (Å²) in [5.41, 5.74) is 11.4. The molecule has 9 nitrogen and oxygen atoms in total. The minimum absolute atomic E-state index is 0.0556. The van der Waals surface area contributed by atoms with Crippen LogP contribution in [0.5, 0.6) is 0 Å². The van der Waals surface area contributed by atoms with Crippen molar-refractivity contribution in [2.24, 2.45) is 26.9 Å². The lowest BCUT2D eigenvalue weighted by Gasteiger charge is -2.05. The smallest absolute Gasteiger partial charge is 0.274 e. The SMILES string of the molecule is CCCC(C=N/C=C(/C=N\N/C(N)=C/Br)c1cnn(Cc2ccccc2)c1)CC.O=CN=O. The van der Waals surface area contributed by atoms with E-state index in [1.807, 2.05) is 47.7 Å². The molecular weight excluding hydrogens is 486 g/mol. The van der Waals surface area contributed by atoms with Crippen LogP contribution < -0.4 is 11.2 Å². The molecule has 0 aliphatic rings. The Morgan fingerprint density at radius 2 is 2.03 bits per heavy atom. The molecule has 0 saturated heterocycles. The molecule has 0 fully saturated rings. The van der Waals surface area contributed by atoms with Gasteiger partial charge >= 0.3 is 0 Å². The van der Waals surface area contributed by atoms with Crippen molar-refractivity contribution in [3.05, 3.63) is 75.8 Å². The maximum absolute atomic E-state index is 8.69. The molecule has 1 heterocycles. The van der Waals surface area contributed by atoms with Crippen LogP contribution in [0.1, 0.15) is 44.2 Å².